The van der Waals surface area contributed by atoms with E-state index in [4.69, 9.17) is 21.1 Å². The second-order valence-electron chi connectivity index (χ2n) is 5.97. The Labute approximate surface area is 162 Å². The van der Waals surface area contributed by atoms with E-state index in [1.165, 1.54) is 32.1 Å². The molecule has 0 amide bonds. The van der Waals surface area contributed by atoms with E-state index in [0.717, 1.165) is 0 Å². The van der Waals surface area contributed by atoms with Crippen LogP contribution in [-0.2, 0) is 24.2 Å². The zero-order chi connectivity index (χ0) is 20.2. The molecule has 7 nitrogen and oxygen atoms in total. The summed E-state index contributed by atoms with van der Waals surface area (Å²) in [5, 5.41) is -0.265. The highest BCUT2D eigenvalue weighted by Crippen LogP contribution is 2.36. The largest absolute Gasteiger partial charge is 0.483 e. The summed E-state index contributed by atoms with van der Waals surface area (Å²) in [7, 11) is -3.71. The maximum absolute atomic E-state index is 12.4. The first-order valence-corrected chi connectivity index (χ1v) is 10.3. The van der Waals surface area contributed by atoms with E-state index in [0.29, 0.717) is 19.3 Å². The van der Waals surface area contributed by atoms with Crippen LogP contribution in [0.4, 0.5) is 0 Å². The van der Waals surface area contributed by atoms with Gasteiger partial charge in [-0.25, -0.2) is 13.2 Å². The summed E-state index contributed by atoms with van der Waals surface area (Å²) in [6.45, 7) is 2.32. The minimum absolute atomic E-state index is 0.121. The third-order valence-electron chi connectivity index (χ3n) is 3.81. The SMILES string of the molecule is CCS(=O)(=O)c1ccc(C(=O)OC2=CC(=O)CCC2)c(Cl)c1OCC(C)=O. The summed E-state index contributed by atoms with van der Waals surface area (Å²) >= 11 is 6.21. The number of hydrogen-bond acceptors (Lipinski definition) is 7. The number of Topliss-reactive ketones (excluding diaryl/α,β-unsaturated/α-hetero) is 1. The van der Waals surface area contributed by atoms with Crippen LogP contribution < -0.4 is 4.74 Å². The van der Waals surface area contributed by atoms with Gasteiger partial charge in [-0.1, -0.05) is 18.5 Å². The molecule has 9 heteroatoms. The number of allylic oxidation sites excluding steroid dienone is 2. The number of rotatable bonds is 7. The van der Waals surface area contributed by atoms with Gasteiger partial charge in [-0.2, -0.15) is 0 Å². The Balaban J connectivity index is 2.42. The predicted molar refractivity (Wildman–Crippen MR) is 97.7 cm³/mol. The lowest BCUT2D eigenvalue weighted by molar-refractivity contribution is -0.119. The molecule has 2 rings (SSSR count). The fourth-order valence-corrected chi connectivity index (χ4v) is 3.80. The van der Waals surface area contributed by atoms with Crippen molar-refractivity contribution in [2.24, 2.45) is 0 Å². The van der Waals surface area contributed by atoms with E-state index in [-0.39, 0.29) is 44.3 Å². The Bertz CT molecular complexity index is 916. The predicted octanol–water partition coefficient (Wildman–Crippen LogP) is 2.90. The molecule has 0 aliphatic heterocycles. The molecule has 1 aliphatic rings. The number of ketones is 2. The van der Waals surface area contributed by atoms with Gasteiger partial charge < -0.3 is 9.47 Å². The molecule has 146 valence electrons. The van der Waals surface area contributed by atoms with E-state index in [1.54, 1.807) is 0 Å². The van der Waals surface area contributed by atoms with Crippen LogP contribution in [0.2, 0.25) is 5.02 Å². The molecule has 0 radical (unpaired) electrons. The van der Waals surface area contributed by atoms with Crippen LogP contribution in [0, 0.1) is 0 Å². The van der Waals surface area contributed by atoms with Crippen molar-refractivity contribution in [3.8, 4) is 5.75 Å². The summed E-state index contributed by atoms with van der Waals surface area (Å²) in [5.74, 6) is -1.57. The molecule has 1 aliphatic carbocycles. The third kappa shape index (κ3) is 5.17. The maximum atomic E-state index is 12.4. The number of carbonyl (C=O) groups is 3. The lowest BCUT2D eigenvalue weighted by Gasteiger charge is -2.16. The molecule has 0 saturated heterocycles. The molecular formula is C18H19ClO7S. The summed E-state index contributed by atoms with van der Waals surface area (Å²) in [5.41, 5.74) is -0.121. The van der Waals surface area contributed by atoms with Crippen LogP contribution in [-0.4, -0.2) is 38.3 Å². The van der Waals surface area contributed by atoms with Crippen LogP contribution in [0.5, 0.6) is 5.75 Å². The van der Waals surface area contributed by atoms with Crippen LogP contribution >= 0.6 is 11.6 Å². The minimum Gasteiger partial charge on any atom is -0.483 e. The van der Waals surface area contributed by atoms with Gasteiger partial charge in [-0.05, 0) is 25.5 Å². The molecule has 0 bridgehead atoms. The van der Waals surface area contributed by atoms with Gasteiger partial charge >= 0.3 is 5.97 Å². The van der Waals surface area contributed by atoms with Crippen LogP contribution in [0.15, 0.2) is 28.9 Å². The molecule has 0 heterocycles. The van der Waals surface area contributed by atoms with Crippen LogP contribution in [0.25, 0.3) is 0 Å². The highest BCUT2D eigenvalue weighted by Gasteiger charge is 2.26. The zero-order valence-corrected chi connectivity index (χ0v) is 16.5. The Hall–Kier alpha value is -2.19. The summed E-state index contributed by atoms with van der Waals surface area (Å²) in [6.07, 6.45) is 2.67. The lowest BCUT2D eigenvalue weighted by atomic mass is 10.1. The van der Waals surface area contributed by atoms with Gasteiger partial charge in [0, 0.05) is 18.9 Å². The Morgan fingerprint density at radius 1 is 1.22 bits per heavy atom. The van der Waals surface area contributed by atoms with Crippen molar-refractivity contribution in [3.05, 3.63) is 34.6 Å². The van der Waals surface area contributed by atoms with Gasteiger partial charge in [0.25, 0.3) is 0 Å². The molecule has 0 spiro atoms. The van der Waals surface area contributed by atoms with E-state index >= 15 is 0 Å². The highest BCUT2D eigenvalue weighted by atomic mass is 35.5. The molecule has 0 aromatic heterocycles. The van der Waals surface area contributed by atoms with Gasteiger partial charge in [0.2, 0.25) is 0 Å². The van der Waals surface area contributed by atoms with Gasteiger partial charge in [0.1, 0.15) is 17.3 Å². The van der Waals surface area contributed by atoms with Gasteiger partial charge in [0.15, 0.2) is 27.2 Å². The molecule has 0 saturated carbocycles. The third-order valence-corrected chi connectivity index (χ3v) is 5.93. The fourth-order valence-electron chi connectivity index (χ4n) is 2.42. The maximum Gasteiger partial charge on any atom is 0.344 e. The van der Waals surface area contributed by atoms with Crippen molar-refractivity contribution in [2.75, 3.05) is 12.4 Å². The average molecular weight is 415 g/mol. The Morgan fingerprint density at radius 3 is 2.52 bits per heavy atom. The second-order valence-corrected chi connectivity index (χ2v) is 8.59. The van der Waals surface area contributed by atoms with Crippen molar-refractivity contribution in [1.29, 1.82) is 0 Å². The monoisotopic (exact) mass is 414 g/mol. The number of sulfone groups is 1. The number of esters is 1. The first kappa shape index (κ1) is 21.1. The molecule has 0 unspecified atom stereocenters. The van der Waals surface area contributed by atoms with Crippen molar-refractivity contribution >= 4 is 39.0 Å². The molecule has 0 atom stereocenters. The first-order chi connectivity index (χ1) is 12.7. The summed E-state index contributed by atoms with van der Waals surface area (Å²) in [6, 6.07) is 2.41. The van der Waals surface area contributed by atoms with Crippen molar-refractivity contribution < 1.29 is 32.3 Å². The quantitative estimate of drug-likeness (QED) is 0.631. The summed E-state index contributed by atoms with van der Waals surface area (Å²) in [4.78, 5) is 34.9. The topological polar surface area (TPSA) is 104 Å². The molecule has 1 aromatic rings. The van der Waals surface area contributed by atoms with E-state index in [2.05, 4.69) is 0 Å². The second kappa shape index (κ2) is 8.67. The Morgan fingerprint density at radius 2 is 1.93 bits per heavy atom. The Kier molecular flexibility index (Phi) is 6.78. The van der Waals surface area contributed by atoms with Crippen molar-refractivity contribution in [1.82, 2.24) is 0 Å². The standard InChI is InChI=1S/C18H19ClO7S/c1-3-27(23,24)15-8-7-14(16(19)17(15)25-10-11(2)20)18(22)26-13-6-4-5-12(21)9-13/h7-9H,3-6,10H2,1-2H3. The van der Waals surface area contributed by atoms with Gasteiger partial charge in [0.05, 0.1) is 16.3 Å². The van der Waals surface area contributed by atoms with Gasteiger partial charge in [-0.15, -0.1) is 0 Å². The first-order valence-electron chi connectivity index (χ1n) is 8.28. The molecule has 1 aromatic carbocycles. The van der Waals surface area contributed by atoms with Crippen LogP contribution in [0.1, 0.15) is 43.5 Å². The molecular weight excluding hydrogens is 396 g/mol. The average Bonchev–Trinajstić information content (AvgIpc) is 2.60. The van der Waals surface area contributed by atoms with E-state index in [1.807, 2.05) is 0 Å². The number of benzene rings is 1. The minimum atomic E-state index is -3.71. The lowest BCUT2D eigenvalue weighted by Crippen LogP contribution is -2.15. The number of carbonyl (C=O) groups excluding carboxylic acids is 3. The normalized spacial score (nSPS) is 14.5. The summed E-state index contributed by atoms with van der Waals surface area (Å²) < 4.78 is 35.0. The molecule has 0 fully saturated rings. The highest BCUT2D eigenvalue weighted by molar-refractivity contribution is 7.91. The van der Waals surface area contributed by atoms with Crippen molar-refractivity contribution in [3.63, 3.8) is 0 Å². The molecule has 0 N–H and O–H groups in total. The van der Waals surface area contributed by atoms with Crippen LogP contribution in [0.3, 0.4) is 0 Å². The molecule has 27 heavy (non-hydrogen) atoms. The number of hydrogen-bond donors (Lipinski definition) is 0. The zero-order valence-electron chi connectivity index (χ0n) is 14.9. The van der Waals surface area contributed by atoms with Gasteiger partial charge in [-0.3, -0.25) is 9.59 Å². The van der Waals surface area contributed by atoms with E-state index in [9.17, 15) is 22.8 Å². The smallest absolute Gasteiger partial charge is 0.344 e. The fraction of sp³-hybridized carbons (Fsp3) is 0.389. The number of halogens is 1. The van der Waals surface area contributed by atoms with E-state index < -0.39 is 22.4 Å². The number of ether oxygens (including phenoxy) is 2. The van der Waals surface area contributed by atoms with Crippen molar-refractivity contribution in [2.45, 2.75) is 38.0 Å².